The second-order valence-corrected chi connectivity index (χ2v) is 10.4. The van der Waals surface area contributed by atoms with Crippen LogP contribution in [-0.2, 0) is 4.74 Å². The van der Waals surface area contributed by atoms with Crippen molar-refractivity contribution in [2.45, 2.75) is 56.4 Å². The Labute approximate surface area is 211 Å². The molecular formula is C27H35FN6O2. The summed E-state index contributed by atoms with van der Waals surface area (Å²) in [5, 5.41) is 0.887. The van der Waals surface area contributed by atoms with E-state index in [9.17, 15) is 4.39 Å². The molecule has 1 aromatic carbocycles. The Morgan fingerprint density at radius 3 is 2.72 bits per heavy atom. The fourth-order valence-electron chi connectivity index (χ4n) is 6.36. The summed E-state index contributed by atoms with van der Waals surface area (Å²) < 4.78 is 27.5. The maximum atomic E-state index is 13.1. The van der Waals surface area contributed by atoms with Gasteiger partial charge in [-0.1, -0.05) is 0 Å². The third kappa shape index (κ3) is 4.67. The molecule has 0 amide bonds. The van der Waals surface area contributed by atoms with E-state index in [1.54, 1.807) is 12.1 Å². The summed E-state index contributed by atoms with van der Waals surface area (Å²) >= 11 is 0. The van der Waals surface area contributed by atoms with E-state index in [-0.39, 0.29) is 18.1 Å². The molecule has 0 aliphatic carbocycles. The third-order valence-corrected chi connectivity index (χ3v) is 8.38. The molecule has 3 aliphatic rings. The normalized spacial score (nSPS) is 24.7. The number of nitrogens with zero attached hydrogens (tertiary/aromatic N) is 5. The van der Waals surface area contributed by atoms with Crippen molar-refractivity contribution in [3.05, 3.63) is 48.7 Å². The molecule has 3 aromatic rings. The largest absolute Gasteiger partial charge is 0.492 e. The van der Waals surface area contributed by atoms with Crippen LogP contribution in [0, 0.1) is 5.82 Å². The van der Waals surface area contributed by atoms with Crippen molar-refractivity contribution in [1.82, 2.24) is 24.3 Å². The van der Waals surface area contributed by atoms with Crippen molar-refractivity contribution in [2.75, 3.05) is 45.1 Å². The maximum absolute atomic E-state index is 13.1. The molecule has 6 rings (SSSR count). The minimum Gasteiger partial charge on any atom is -0.492 e. The van der Waals surface area contributed by atoms with Crippen LogP contribution < -0.4 is 10.5 Å². The molecule has 1 spiro atoms. The minimum atomic E-state index is -0.235. The van der Waals surface area contributed by atoms with Crippen LogP contribution in [0.5, 0.6) is 5.75 Å². The van der Waals surface area contributed by atoms with Crippen LogP contribution in [0.4, 0.5) is 10.2 Å². The zero-order valence-electron chi connectivity index (χ0n) is 20.7. The summed E-state index contributed by atoms with van der Waals surface area (Å²) in [4.78, 5) is 13.8. The minimum absolute atomic E-state index is 0.00306. The number of hydrogen-bond donors (Lipinski definition) is 1. The monoisotopic (exact) mass is 494 g/mol. The standard InChI is InChI=1S/C27H35FN6O2/c28-20-2-4-21(5-3-20)35-17-16-32-14-10-27(11-15-32)9-1-12-33(27)18-22-6-7-24(36-22)34-13-8-23-25(29)30-19-31-26(23)34/h2-5,8,13,19,22,24H,1,6-7,9-12,14-18H2,(H2,29,30,31). The van der Waals surface area contributed by atoms with E-state index in [1.807, 2.05) is 12.3 Å². The van der Waals surface area contributed by atoms with Crippen molar-refractivity contribution >= 4 is 16.9 Å². The van der Waals surface area contributed by atoms with Crippen molar-refractivity contribution in [3.63, 3.8) is 0 Å². The summed E-state index contributed by atoms with van der Waals surface area (Å²) in [5.74, 6) is 1.01. The van der Waals surface area contributed by atoms with Gasteiger partial charge in [0.15, 0.2) is 0 Å². The molecule has 8 nitrogen and oxygen atoms in total. The van der Waals surface area contributed by atoms with Crippen LogP contribution in [0.2, 0.25) is 0 Å². The highest BCUT2D eigenvalue weighted by molar-refractivity contribution is 5.86. The topological polar surface area (TPSA) is 81.7 Å². The van der Waals surface area contributed by atoms with Crippen molar-refractivity contribution in [3.8, 4) is 5.75 Å². The lowest BCUT2D eigenvalue weighted by molar-refractivity contribution is -0.0340. The van der Waals surface area contributed by atoms with E-state index in [0.717, 1.165) is 62.3 Å². The summed E-state index contributed by atoms with van der Waals surface area (Å²) in [5.41, 5.74) is 7.17. The fourth-order valence-corrected chi connectivity index (χ4v) is 6.36. The Hall–Kier alpha value is -2.75. The van der Waals surface area contributed by atoms with Crippen molar-refractivity contribution < 1.29 is 13.9 Å². The number of rotatable bonds is 7. The number of halogens is 1. The van der Waals surface area contributed by atoms with Gasteiger partial charge in [0, 0.05) is 37.9 Å². The van der Waals surface area contributed by atoms with Gasteiger partial charge >= 0.3 is 0 Å². The number of nitrogen functional groups attached to an aromatic ring is 1. The molecule has 0 radical (unpaired) electrons. The molecule has 5 heterocycles. The SMILES string of the molecule is Nc1ncnc2c1ccn2C1CCC(CN2CCCC23CCN(CCOc2ccc(F)cc2)CC3)O1. The lowest BCUT2D eigenvalue weighted by Crippen LogP contribution is -2.54. The number of ether oxygens (including phenoxy) is 2. The van der Waals surface area contributed by atoms with Gasteiger partial charge in [-0.2, -0.15) is 0 Å². The predicted octanol–water partition coefficient (Wildman–Crippen LogP) is 3.84. The molecular weight excluding hydrogens is 459 g/mol. The molecule has 0 saturated carbocycles. The molecule has 2 atom stereocenters. The molecule has 2 aromatic heterocycles. The van der Waals surface area contributed by atoms with E-state index in [1.165, 1.54) is 44.1 Å². The van der Waals surface area contributed by atoms with E-state index < -0.39 is 0 Å². The Balaban J connectivity index is 1.01. The highest BCUT2D eigenvalue weighted by Gasteiger charge is 2.44. The van der Waals surface area contributed by atoms with Crippen molar-refractivity contribution in [2.24, 2.45) is 0 Å². The first kappa shape index (κ1) is 23.6. The third-order valence-electron chi connectivity index (χ3n) is 8.38. The zero-order chi connectivity index (χ0) is 24.5. The van der Waals surface area contributed by atoms with Crippen LogP contribution in [-0.4, -0.2) is 75.3 Å². The first-order chi connectivity index (χ1) is 17.6. The van der Waals surface area contributed by atoms with Crippen LogP contribution >= 0.6 is 0 Å². The second-order valence-electron chi connectivity index (χ2n) is 10.4. The first-order valence-corrected chi connectivity index (χ1v) is 13.2. The molecule has 192 valence electrons. The molecule has 3 aliphatic heterocycles. The molecule has 36 heavy (non-hydrogen) atoms. The Kier molecular flexibility index (Phi) is 6.54. The van der Waals surface area contributed by atoms with Gasteiger partial charge < -0.3 is 19.8 Å². The average molecular weight is 495 g/mol. The van der Waals surface area contributed by atoms with Gasteiger partial charge in [-0.3, -0.25) is 9.80 Å². The van der Waals surface area contributed by atoms with Gasteiger partial charge in [0.25, 0.3) is 0 Å². The molecule has 3 fully saturated rings. The Morgan fingerprint density at radius 1 is 1.06 bits per heavy atom. The van der Waals surface area contributed by atoms with Gasteiger partial charge in [-0.15, -0.1) is 0 Å². The van der Waals surface area contributed by atoms with Crippen LogP contribution in [0.3, 0.4) is 0 Å². The predicted molar refractivity (Wildman–Crippen MR) is 136 cm³/mol. The van der Waals surface area contributed by atoms with E-state index in [4.69, 9.17) is 15.2 Å². The molecule has 0 bridgehead atoms. The quantitative estimate of drug-likeness (QED) is 0.534. The molecule has 2 unspecified atom stereocenters. The molecule has 2 N–H and O–H groups in total. The number of aromatic nitrogens is 3. The second kappa shape index (κ2) is 9.95. The summed E-state index contributed by atoms with van der Waals surface area (Å²) in [6, 6.07) is 8.24. The lowest BCUT2D eigenvalue weighted by Gasteiger charge is -2.45. The molecule has 9 heteroatoms. The van der Waals surface area contributed by atoms with Crippen molar-refractivity contribution in [1.29, 1.82) is 0 Å². The number of piperidine rings is 1. The average Bonchev–Trinajstić information content (AvgIpc) is 3.62. The van der Waals surface area contributed by atoms with E-state index >= 15 is 0 Å². The van der Waals surface area contributed by atoms with E-state index in [0.29, 0.717) is 18.0 Å². The summed E-state index contributed by atoms with van der Waals surface area (Å²) in [7, 11) is 0. The smallest absolute Gasteiger partial charge is 0.147 e. The number of hydrogen-bond acceptors (Lipinski definition) is 7. The Bertz CT molecular complexity index is 1180. The van der Waals surface area contributed by atoms with Gasteiger partial charge in [0.05, 0.1) is 11.5 Å². The fraction of sp³-hybridized carbons (Fsp3) is 0.556. The van der Waals surface area contributed by atoms with E-state index in [2.05, 4.69) is 24.3 Å². The Morgan fingerprint density at radius 2 is 1.89 bits per heavy atom. The number of nitrogens with two attached hydrogens (primary N) is 1. The molecule has 3 saturated heterocycles. The first-order valence-electron chi connectivity index (χ1n) is 13.2. The lowest BCUT2D eigenvalue weighted by atomic mass is 9.84. The summed E-state index contributed by atoms with van der Waals surface area (Å²) in [6.45, 7) is 5.88. The highest BCUT2D eigenvalue weighted by Crippen LogP contribution is 2.40. The maximum Gasteiger partial charge on any atom is 0.147 e. The number of likely N-dealkylation sites (tertiary alicyclic amines) is 2. The van der Waals surface area contributed by atoms with Crippen LogP contribution in [0.1, 0.15) is 44.8 Å². The van der Waals surface area contributed by atoms with Gasteiger partial charge in [0.2, 0.25) is 0 Å². The summed E-state index contributed by atoms with van der Waals surface area (Å²) in [6.07, 6.45) is 10.8. The highest BCUT2D eigenvalue weighted by atomic mass is 19.1. The number of fused-ring (bicyclic) bond motifs is 1. The number of anilines is 1. The van der Waals surface area contributed by atoms with Crippen LogP contribution in [0.15, 0.2) is 42.9 Å². The van der Waals surface area contributed by atoms with Gasteiger partial charge in [0.1, 0.15) is 42.2 Å². The van der Waals surface area contributed by atoms with Gasteiger partial charge in [-0.05, 0) is 75.4 Å². The zero-order valence-corrected chi connectivity index (χ0v) is 20.7. The van der Waals surface area contributed by atoms with Gasteiger partial charge in [-0.25, -0.2) is 14.4 Å². The number of benzene rings is 1. The van der Waals surface area contributed by atoms with Crippen LogP contribution in [0.25, 0.3) is 11.0 Å².